The van der Waals surface area contributed by atoms with E-state index >= 15 is 0 Å². The van der Waals surface area contributed by atoms with Crippen molar-refractivity contribution in [1.82, 2.24) is 0 Å². The van der Waals surface area contributed by atoms with Gasteiger partial charge < -0.3 is 0 Å². The summed E-state index contributed by atoms with van der Waals surface area (Å²) in [5.74, 6) is -16.4. The molecule has 1 aliphatic rings. The first-order valence-corrected chi connectivity index (χ1v) is 13.5. The molecule has 1 aliphatic heterocycles. The number of Topliss-reactive ketones (excluding diaryl/α,β-unsaturated/α-hetero) is 1. The highest BCUT2D eigenvalue weighted by Crippen LogP contribution is 2.60. The zero-order valence-corrected chi connectivity index (χ0v) is 18.6. The summed E-state index contributed by atoms with van der Waals surface area (Å²) < 4.78 is 146. The molecule has 4 nitrogen and oxygen atoms in total. The van der Waals surface area contributed by atoms with Crippen LogP contribution in [0.1, 0.15) is 32.6 Å². The van der Waals surface area contributed by atoms with Crippen molar-refractivity contribution >= 4 is 38.0 Å². The summed E-state index contributed by atoms with van der Waals surface area (Å²) in [7, 11) is -10.3. The van der Waals surface area contributed by atoms with Gasteiger partial charge in [0.2, 0.25) is 0 Å². The van der Waals surface area contributed by atoms with E-state index in [1.165, 1.54) is 11.8 Å². The van der Waals surface area contributed by atoms with E-state index in [9.17, 15) is 52.7 Å². The first-order chi connectivity index (χ1) is 13.9. The molecule has 0 aromatic carbocycles. The van der Waals surface area contributed by atoms with Gasteiger partial charge in [0, 0.05) is 29.4 Å². The van der Waals surface area contributed by atoms with Gasteiger partial charge in [-0.1, -0.05) is 19.8 Å². The molecular formula is C15H21F9O4S3. The van der Waals surface area contributed by atoms with E-state index in [0.717, 1.165) is 6.42 Å². The second-order valence-electron chi connectivity index (χ2n) is 6.81. The molecule has 0 aliphatic carbocycles. The minimum Gasteiger partial charge on any atom is -0.299 e. The Kier molecular flexibility index (Phi) is 9.13. The summed E-state index contributed by atoms with van der Waals surface area (Å²) in [5.41, 5.74) is 0. The maximum Gasteiger partial charge on any atom is 0.460 e. The molecule has 0 unspecified atom stereocenters. The Morgan fingerprint density at radius 3 is 1.90 bits per heavy atom. The van der Waals surface area contributed by atoms with Crippen LogP contribution < -0.4 is 0 Å². The lowest BCUT2D eigenvalue weighted by Gasteiger charge is -2.42. The summed E-state index contributed by atoms with van der Waals surface area (Å²) in [6.07, 6.45) is -5.49. The molecule has 0 spiro atoms. The highest BCUT2D eigenvalue weighted by molar-refractivity contribution is 8.34. The summed E-state index contributed by atoms with van der Waals surface area (Å²) in [6, 6.07) is 0. The fraction of sp³-hybridized carbons (Fsp3) is 0.933. The number of unbranched alkanes of at least 4 members (excludes halogenated alkanes) is 2. The lowest BCUT2D eigenvalue weighted by molar-refractivity contribution is -0.382. The number of hydrogen-bond donors (Lipinski definition) is 0. The predicted octanol–water partition coefficient (Wildman–Crippen LogP) is 5.37. The Balaban J connectivity index is 3.25. The summed E-state index contributed by atoms with van der Waals surface area (Å²) in [4.78, 5) is 12.1. The van der Waals surface area contributed by atoms with Crippen LogP contribution in [0.5, 0.6) is 0 Å². The number of halogens is 9. The molecule has 0 aromatic rings. The largest absolute Gasteiger partial charge is 0.460 e. The highest BCUT2D eigenvalue weighted by atomic mass is 32.3. The Morgan fingerprint density at radius 1 is 0.935 bits per heavy atom. The molecule has 1 heterocycles. The normalized spacial score (nSPS) is 19.8. The third-order valence-corrected chi connectivity index (χ3v) is 11.3. The molecule has 0 amide bonds. The van der Waals surface area contributed by atoms with E-state index < -0.39 is 55.2 Å². The second kappa shape index (κ2) is 9.87. The number of rotatable bonds is 11. The Labute approximate surface area is 179 Å². The molecule has 16 heteroatoms. The zero-order valence-electron chi connectivity index (χ0n) is 16.1. The minimum atomic E-state index is -7.36. The van der Waals surface area contributed by atoms with Crippen LogP contribution in [0, 0.1) is 0 Å². The first kappa shape index (κ1) is 28.7. The number of hydrogen-bond acceptors (Lipinski definition) is 5. The van der Waals surface area contributed by atoms with Gasteiger partial charge in [-0.2, -0.15) is 59.7 Å². The fourth-order valence-electron chi connectivity index (χ4n) is 2.55. The molecule has 186 valence electrons. The molecule has 0 saturated carbocycles. The van der Waals surface area contributed by atoms with Crippen molar-refractivity contribution in [2.24, 2.45) is 0 Å². The molecule has 1 fully saturated rings. The van der Waals surface area contributed by atoms with Crippen LogP contribution in [0.3, 0.4) is 0 Å². The van der Waals surface area contributed by atoms with Crippen LogP contribution in [0.2, 0.25) is 0 Å². The van der Waals surface area contributed by atoms with Gasteiger partial charge in [-0.25, -0.2) is 3.63 Å². The van der Waals surface area contributed by atoms with Gasteiger partial charge in [-0.15, -0.1) is 10.3 Å². The summed E-state index contributed by atoms with van der Waals surface area (Å²) >= 11 is 1.22. The van der Waals surface area contributed by atoms with Crippen LogP contribution in [0.4, 0.5) is 39.5 Å². The third-order valence-electron chi connectivity index (χ3n) is 4.35. The van der Waals surface area contributed by atoms with E-state index in [0.29, 0.717) is 12.8 Å². The van der Waals surface area contributed by atoms with Crippen LogP contribution in [-0.2, 0) is 18.5 Å². The van der Waals surface area contributed by atoms with Crippen molar-refractivity contribution in [2.45, 2.75) is 55.9 Å². The number of thioether (sulfide) groups is 1. The van der Waals surface area contributed by atoms with Crippen molar-refractivity contribution in [3.05, 3.63) is 0 Å². The van der Waals surface area contributed by atoms with Crippen molar-refractivity contribution in [2.75, 3.05) is 28.8 Å². The Morgan fingerprint density at radius 2 is 1.45 bits per heavy atom. The molecule has 0 radical (unpaired) electrons. The van der Waals surface area contributed by atoms with Crippen LogP contribution >= 0.6 is 22.1 Å². The molecule has 0 atom stereocenters. The number of carbonyl (C=O) groups excluding carboxylic acids is 1. The van der Waals surface area contributed by atoms with Gasteiger partial charge in [0.15, 0.2) is 0 Å². The minimum absolute atomic E-state index is 0.0716. The zero-order chi connectivity index (χ0) is 24.4. The van der Waals surface area contributed by atoms with Gasteiger partial charge in [-0.3, -0.25) is 4.79 Å². The Bertz CT molecular complexity index is 733. The van der Waals surface area contributed by atoms with Crippen LogP contribution in [0.15, 0.2) is 0 Å². The average molecular weight is 533 g/mol. The summed E-state index contributed by atoms with van der Waals surface area (Å²) in [6.45, 7) is 1.82. The quantitative estimate of drug-likeness (QED) is 0.264. The first-order valence-electron chi connectivity index (χ1n) is 8.88. The highest BCUT2D eigenvalue weighted by Gasteiger charge is 2.86. The van der Waals surface area contributed by atoms with E-state index in [4.69, 9.17) is 0 Å². The molecule has 1 saturated heterocycles. The van der Waals surface area contributed by atoms with E-state index in [1.54, 1.807) is 0 Å². The van der Waals surface area contributed by atoms with Gasteiger partial charge in [0.25, 0.3) is 0 Å². The van der Waals surface area contributed by atoms with Gasteiger partial charge in [0.1, 0.15) is 5.78 Å². The maximum atomic E-state index is 14.0. The van der Waals surface area contributed by atoms with Crippen molar-refractivity contribution in [1.29, 1.82) is 0 Å². The fourth-order valence-corrected chi connectivity index (χ4v) is 10.4. The number of alkyl halides is 9. The third kappa shape index (κ3) is 5.96. The molecule has 0 N–H and O–H groups in total. The van der Waals surface area contributed by atoms with Crippen LogP contribution in [0.25, 0.3) is 0 Å². The summed E-state index contributed by atoms with van der Waals surface area (Å²) in [5, 5.41) is -6.91. The Hall–Kier alpha value is -0.350. The smallest absolute Gasteiger partial charge is 0.299 e. The standard InChI is InChI=1S/C15H21F9O4S3/c1-2-3-4-5-11(25)10-30(8-6-29-7-9-30)28-31(26,27)15(23,24)13(18,19)12(16,17)14(20,21)22/h2-10H2,1H3. The van der Waals surface area contributed by atoms with E-state index in [2.05, 4.69) is 3.63 Å². The lowest BCUT2D eigenvalue weighted by Crippen LogP contribution is -2.63. The maximum absolute atomic E-state index is 14.0. The topological polar surface area (TPSA) is 60.4 Å². The monoisotopic (exact) mass is 532 g/mol. The SMILES string of the molecule is CCCCCC(=O)CS1(OS(=O)(=O)C(F)(F)C(F)(F)C(F)(F)C(F)(F)F)CCSCC1. The molecule has 0 aromatic heterocycles. The van der Waals surface area contributed by atoms with Gasteiger partial charge in [0.05, 0.1) is 5.75 Å². The van der Waals surface area contributed by atoms with Crippen LogP contribution in [-0.4, -0.2) is 66.2 Å². The molecular weight excluding hydrogens is 511 g/mol. The molecule has 31 heavy (non-hydrogen) atoms. The van der Waals surface area contributed by atoms with Crippen molar-refractivity contribution in [3.8, 4) is 0 Å². The van der Waals surface area contributed by atoms with Gasteiger partial charge >= 0.3 is 33.4 Å². The van der Waals surface area contributed by atoms with Gasteiger partial charge in [-0.05, 0) is 6.42 Å². The predicted molar refractivity (Wildman–Crippen MR) is 99.6 cm³/mol. The van der Waals surface area contributed by atoms with Crippen molar-refractivity contribution in [3.63, 3.8) is 0 Å². The second-order valence-corrected chi connectivity index (χ2v) is 13.0. The molecule has 1 rings (SSSR count). The number of ketones is 1. The average Bonchev–Trinajstić information content (AvgIpc) is 2.60. The van der Waals surface area contributed by atoms with E-state index in [1.807, 2.05) is 6.92 Å². The van der Waals surface area contributed by atoms with Crippen molar-refractivity contribution < 1.29 is 56.4 Å². The molecule has 0 bridgehead atoms. The van der Waals surface area contributed by atoms with E-state index in [-0.39, 0.29) is 29.4 Å². The number of carbonyl (C=O) groups is 1. The lowest BCUT2D eigenvalue weighted by atomic mass is 10.1.